The molecule has 2 aliphatic heterocycles. The second-order valence-electron chi connectivity index (χ2n) is 10.3. The van der Waals surface area contributed by atoms with Crippen LogP contribution in [0.5, 0.6) is 0 Å². The SMILES string of the molecule is CC1=C(c2ccc[se]2)C(C)=[N+]2C1=C(c1c(C)cc(C)cc1C)c1c(C)c(-c3ccc[se]3)c(C)n1[B-]2(F)F. The zero-order valence-electron chi connectivity index (χ0n) is 22.2. The number of hydrogen-bond acceptors (Lipinski definition) is 0. The first kappa shape index (κ1) is 24.9. The molecule has 0 saturated heterocycles. The average Bonchev–Trinajstić information content (AvgIpc) is 3.59. The fourth-order valence-electron chi connectivity index (χ4n) is 6.72. The van der Waals surface area contributed by atoms with E-state index in [1.54, 1.807) is 0 Å². The van der Waals surface area contributed by atoms with E-state index in [9.17, 15) is 0 Å². The molecule has 4 aromatic rings. The molecule has 0 fully saturated rings. The van der Waals surface area contributed by atoms with Gasteiger partial charge in [0.1, 0.15) is 0 Å². The van der Waals surface area contributed by atoms with Crippen LogP contribution in [-0.4, -0.2) is 50.7 Å². The summed E-state index contributed by atoms with van der Waals surface area (Å²) in [6, 6.07) is 12.7. The zero-order chi connectivity index (χ0) is 26.4. The predicted octanol–water partition coefficient (Wildman–Crippen LogP) is 6.77. The van der Waals surface area contributed by atoms with E-state index in [0.717, 1.165) is 44.5 Å². The van der Waals surface area contributed by atoms with E-state index in [0.29, 0.717) is 22.8 Å². The van der Waals surface area contributed by atoms with Crippen molar-refractivity contribution in [3.8, 4) is 10.0 Å². The van der Waals surface area contributed by atoms with Gasteiger partial charge in [-0.05, 0) is 0 Å². The van der Waals surface area contributed by atoms with Crippen molar-refractivity contribution in [2.75, 3.05) is 0 Å². The fraction of sp³-hybridized carbons (Fsp3) is 0.233. The Hall–Kier alpha value is -2.43. The zero-order valence-corrected chi connectivity index (χ0v) is 25.6. The van der Waals surface area contributed by atoms with Crippen molar-refractivity contribution in [1.82, 2.24) is 4.48 Å². The van der Waals surface area contributed by atoms with Crippen LogP contribution in [0.3, 0.4) is 0 Å². The molecule has 0 N–H and O–H groups in total. The topological polar surface area (TPSA) is 7.94 Å². The molecule has 3 aromatic heterocycles. The van der Waals surface area contributed by atoms with Gasteiger partial charge in [-0.1, -0.05) is 0 Å². The molecular weight excluding hydrogens is 595 g/mol. The van der Waals surface area contributed by atoms with E-state index >= 15 is 8.63 Å². The maximum absolute atomic E-state index is 16.9. The van der Waals surface area contributed by atoms with Crippen LogP contribution in [0, 0.1) is 34.6 Å². The van der Waals surface area contributed by atoms with Gasteiger partial charge in [0.15, 0.2) is 0 Å². The van der Waals surface area contributed by atoms with Gasteiger partial charge in [-0.2, -0.15) is 0 Å². The van der Waals surface area contributed by atoms with Crippen molar-refractivity contribution in [3.63, 3.8) is 0 Å². The van der Waals surface area contributed by atoms with E-state index in [-0.39, 0.29) is 29.0 Å². The summed E-state index contributed by atoms with van der Waals surface area (Å²) >= 11 is 0.313. The van der Waals surface area contributed by atoms with Gasteiger partial charge in [0, 0.05) is 0 Å². The summed E-state index contributed by atoms with van der Waals surface area (Å²) in [5, 5.41) is 0. The molecule has 0 atom stereocenters. The van der Waals surface area contributed by atoms with Crippen LogP contribution >= 0.6 is 0 Å². The molecule has 2 aliphatic rings. The van der Waals surface area contributed by atoms with Crippen LogP contribution in [0.15, 0.2) is 57.5 Å². The third-order valence-corrected chi connectivity index (χ3v) is 11.7. The van der Waals surface area contributed by atoms with Crippen molar-refractivity contribution < 1.29 is 13.1 Å². The van der Waals surface area contributed by atoms with E-state index in [2.05, 4.69) is 67.0 Å². The van der Waals surface area contributed by atoms with Gasteiger partial charge < -0.3 is 0 Å². The van der Waals surface area contributed by atoms with Gasteiger partial charge in [-0.3, -0.25) is 0 Å². The number of rotatable bonds is 3. The molecule has 0 amide bonds. The Balaban J connectivity index is 1.83. The van der Waals surface area contributed by atoms with Crippen LogP contribution in [-0.2, 0) is 0 Å². The normalized spacial score (nSPS) is 16.7. The number of nitrogens with zero attached hydrogens (tertiary/aromatic N) is 2. The Morgan fingerprint density at radius 1 is 0.784 bits per heavy atom. The number of aryl methyl sites for hydroxylation is 3. The summed E-state index contributed by atoms with van der Waals surface area (Å²) in [6.45, 7) is 10.1. The molecule has 0 aliphatic carbocycles. The quantitative estimate of drug-likeness (QED) is 0.223. The third-order valence-electron chi connectivity index (χ3n) is 7.95. The predicted molar refractivity (Wildman–Crippen MR) is 153 cm³/mol. The van der Waals surface area contributed by atoms with Crippen LogP contribution in [0.1, 0.15) is 57.5 Å². The van der Waals surface area contributed by atoms with E-state index in [1.165, 1.54) is 23.4 Å². The molecule has 6 rings (SSSR count). The molecule has 0 bridgehead atoms. The number of aromatic nitrogens is 1. The molecule has 1 aromatic carbocycles. The molecule has 7 heteroatoms. The second kappa shape index (κ2) is 8.54. The average molecular weight is 624 g/mol. The van der Waals surface area contributed by atoms with Crippen LogP contribution < -0.4 is 0 Å². The summed E-state index contributed by atoms with van der Waals surface area (Å²) < 4.78 is 39.0. The Morgan fingerprint density at radius 3 is 1.95 bits per heavy atom. The Labute approximate surface area is 229 Å². The van der Waals surface area contributed by atoms with Gasteiger partial charge in [-0.25, -0.2) is 0 Å². The van der Waals surface area contributed by atoms with Gasteiger partial charge in [-0.15, -0.1) is 0 Å². The molecular formula is C30H29BF2N2Se2. The van der Waals surface area contributed by atoms with Crippen LogP contribution in [0.25, 0.3) is 21.1 Å². The molecule has 0 unspecified atom stereocenters. The maximum atomic E-state index is 16.9. The molecule has 0 saturated carbocycles. The van der Waals surface area contributed by atoms with E-state index < -0.39 is 6.97 Å². The van der Waals surface area contributed by atoms with Gasteiger partial charge in [0.05, 0.1) is 0 Å². The summed E-state index contributed by atoms with van der Waals surface area (Å²) in [6.07, 6.45) is 0. The monoisotopic (exact) mass is 626 g/mol. The first-order chi connectivity index (χ1) is 17.6. The number of benzene rings is 1. The number of hydrogen-bond donors (Lipinski definition) is 0. The van der Waals surface area contributed by atoms with Gasteiger partial charge in [0.2, 0.25) is 0 Å². The molecule has 37 heavy (non-hydrogen) atoms. The molecule has 0 radical (unpaired) electrons. The first-order valence-corrected chi connectivity index (χ1v) is 16.2. The number of fused-ring (bicyclic) bond motifs is 2. The minimum absolute atomic E-state index is 0.156. The molecule has 2 nitrogen and oxygen atoms in total. The van der Waals surface area contributed by atoms with Gasteiger partial charge >= 0.3 is 230 Å². The van der Waals surface area contributed by atoms with Crippen molar-refractivity contribution in [3.05, 3.63) is 101 Å². The van der Waals surface area contributed by atoms with Crippen LogP contribution in [0.4, 0.5) is 8.63 Å². The van der Waals surface area contributed by atoms with E-state index in [4.69, 9.17) is 0 Å². The van der Waals surface area contributed by atoms with Crippen molar-refractivity contribution >= 4 is 52.8 Å². The standard InChI is InChI=1S/C30H29BF2N2Se2/c1-16-14-17(2)25(18(3)15-16)28-29-19(4)26(23-10-8-12-36-23)21(6)34(29)31(32,33)35-22(7)27(20(5)30(28)35)24-11-9-13-37-24/h8-15H,1-7H3. The Kier molecular flexibility index (Phi) is 5.75. The van der Waals surface area contributed by atoms with Crippen molar-refractivity contribution in [2.45, 2.75) is 48.5 Å². The fourth-order valence-corrected chi connectivity index (χ4v) is 10.4. The minimum atomic E-state index is -4.08. The molecule has 0 spiro atoms. The number of allylic oxidation sites excluding steroid dienone is 2. The Morgan fingerprint density at radius 2 is 1.38 bits per heavy atom. The Bertz CT molecular complexity index is 1680. The second-order valence-corrected chi connectivity index (χ2v) is 14.3. The van der Waals surface area contributed by atoms with E-state index in [1.807, 2.05) is 27.7 Å². The van der Waals surface area contributed by atoms with Gasteiger partial charge in [0.25, 0.3) is 0 Å². The summed E-state index contributed by atoms with van der Waals surface area (Å²) in [5.74, 6) is 0. The van der Waals surface area contributed by atoms with Crippen molar-refractivity contribution in [2.24, 2.45) is 0 Å². The molecule has 188 valence electrons. The van der Waals surface area contributed by atoms with Crippen LogP contribution in [0.2, 0.25) is 0 Å². The summed E-state index contributed by atoms with van der Waals surface area (Å²) in [5.41, 5.74) is 12.1. The molecule has 5 heterocycles. The van der Waals surface area contributed by atoms with Crippen molar-refractivity contribution in [1.29, 1.82) is 0 Å². The summed E-state index contributed by atoms with van der Waals surface area (Å²) in [4.78, 5) is 4.32. The summed E-state index contributed by atoms with van der Waals surface area (Å²) in [7, 11) is 0. The first-order valence-electron chi connectivity index (χ1n) is 12.5. The third kappa shape index (κ3) is 3.38. The number of halogens is 2.